The second-order valence-electron chi connectivity index (χ2n) is 27.4. The number of nitrogens with one attached hydrogen (secondary N) is 6. The van der Waals surface area contributed by atoms with Gasteiger partial charge in [-0.25, -0.2) is 9.78 Å². The fourth-order valence-corrected chi connectivity index (χ4v) is 12.3. The number of phenolic OH excluding ortho intramolecular Hbond substituents is 1. The number of aromatic nitrogens is 1. The van der Waals surface area contributed by atoms with Crippen molar-refractivity contribution in [2.45, 2.75) is 169 Å². The summed E-state index contributed by atoms with van der Waals surface area (Å²) in [4.78, 5) is 150. The number of amides is 9. The minimum absolute atomic E-state index is 0.00435. The molecule has 1 aromatic heterocycles. The van der Waals surface area contributed by atoms with Crippen LogP contribution < -0.4 is 31.9 Å². The predicted octanol–water partition coefficient (Wildman–Crippen LogP) is 4.97. The highest BCUT2D eigenvalue weighted by Crippen LogP contribution is 2.32. The molecule has 0 saturated heterocycles. The highest BCUT2D eigenvalue weighted by Gasteiger charge is 2.38. The first kappa shape index (κ1) is 95.4. The van der Waals surface area contributed by atoms with Crippen LogP contribution in [-0.4, -0.2) is 278 Å². The molecule has 9 amide bonds. The molecule has 0 unspecified atom stereocenters. The number of unbranched alkanes of at least 4 members (excludes halogenated alkanes) is 2. The van der Waals surface area contributed by atoms with Crippen LogP contribution in [0.5, 0.6) is 5.75 Å². The van der Waals surface area contributed by atoms with Gasteiger partial charge in [-0.05, 0) is 94.5 Å². The molecule has 2 aromatic rings. The van der Waals surface area contributed by atoms with E-state index in [1.54, 1.807) is 18.0 Å². The molecule has 0 fully saturated rings. The van der Waals surface area contributed by atoms with Crippen LogP contribution in [0.4, 0.5) is 10.5 Å². The Kier molecular flexibility index (Phi) is 47.9. The quantitative estimate of drug-likeness (QED) is 0.0187. The van der Waals surface area contributed by atoms with E-state index in [1.165, 1.54) is 43.5 Å². The smallest absolute Gasteiger partial charge is 0.411 e. The summed E-state index contributed by atoms with van der Waals surface area (Å²) in [6.07, 6.45) is 4.85. The number of aromatic hydroxyl groups is 1. The second kappa shape index (κ2) is 54.8. The van der Waals surface area contributed by atoms with Gasteiger partial charge < -0.3 is 89.1 Å². The van der Waals surface area contributed by atoms with Crippen LogP contribution >= 0.6 is 11.3 Å². The molecule has 34 heteroatoms. The molecular weight excluding hydrogens is 1440 g/mol. The number of carboxylic acids is 1. The lowest BCUT2D eigenvalue weighted by atomic mass is 9.92. The van der Waals surface area contributed by atoms with E-state index in [9.17, 15) is 63.0 Å². The molecular formula is C75H122N10O23S. The van der Waals surface area contributed by atoms with E-state index in [1.807, 2.05) is 67.5 Å². The number of carboxylic acid groups (broad SMARTS) is 1. The predicted molar refractivity (Wildman–Crippen MR) is 404 cm³/mol. The monoisotopic (exact) mass is 1560 g/mol. The van der Waals surface area contributed by atoms with Crippen molar-refractivity contribution in [3.63, 3.8) is 0 Å². The largest absolute Gasteiger partial charge is 0.506 e. The van der Waals surface area contributed by atoms with Gasteiger partial charge in [-0.15, -0.1) is 11.3 Å². The Labute approximate surface area is 645 Å². The van der Waals surface area contributed by atoms with E-state index >= 15 is 0 Å². The molecule has 0 radical (unpaired) electrons. The van der Waals surface area contributed by atoms with E-state index in [2.05, 4.69) is 36.9 Å². The summed E-state index contributed by atoms with van der Waals surface area (Å²) >= 11 is 1.08. The van der Waals surface area contributed by atoms with E-state index < -0.39 is 78.0 Å². The summed E-state index contributed by atoms with van der Waals surface area (Å²) in [6, 6.07) is 1.06. The van der Waals surface area contributed by atoms with Crippen LogP contribution in [0.1, 0.15) is 154 Å². The number of carbonyl (C=O) groups is 11. The molecule has 2 heterocycles. The van der Waals surface area contributed by atoms with Crippen molar-refractivity contribution in [1.29, 1.82) is 0 Å². The van der Waals surface area contributed by atoms with Crippen LogP contribution in [0.25, 0.3) is 0 Å². The summed E-state index contributed by atoms with van der Waals surface area (Å²) in [5.74, 6) is -6.19. The Bertz CT molecular complexity index is 3090. The molecule has 0 bridgehead atoms. The summed E-state index contributed by atoms with van der Waals surface area (Å²) in [5.41, 5.74) is 0.515. The first-order chi connectivity index (χ1) is 52.1. The first-order valence-electron chi connectivity index (χ1n) is 37.7. The van der Waals surface area contributed by atoms with Gasteiger partial charge >= 0.3 is 18.0 Å². The number of likely N-dealkylation sites (N-methyl/N-ethyl adjacent to an activating group) is 2. The van der Waals surface area contributed by atoms with Gasteiger partial charge in [0.15, 0.2) is 6.10 Å². The number of ether oxygens (including phenoxy) is 10. The minimum atomic E-state index is -1.09. The topological polar surface area (TPSA) is 415 Å². The lowest BCUT2D eigenvalue weighted by Crippen LogP contribution is -2.58. The number of phenols is 1. The van der Waals surface area contributed by atoms with Gasteiger partial charge in [-0.3, -0.25) is 63.1 Å². The second-order valence-corrected chi connectivity index (χ2v) is 28.3. The summed E-state index contributed by atoms with van der Waals surface area (Å²) in [7, 11) is 5.30. The average Bonchev–Trinajstić information content (AvgIpc) is 0.979. The van der Waals surface area contributed by atoms with Crippen molar-refractivity contribution in [3.8, 4) is 5.75 Å². The maximum atomic E-state index is 14.4. The lowest BCUT2D eigenvalue weighted by molar-refractivity contribution is -0.149. The maximum absolute atomic E-state index is 14.4. The number of esters is 1. The third-order valence-corrected chi connectivity index (χ3v) is 18.5. The van der Waals surface area contributed by atoms with Gasteiger partial charge in [0.2, 0.25) is 29.5 Å². The molecule has 1 aromatic carbocycles. The van der Waals surface area contributed by atoms with Crippen molar-refractivity contribution >= 4 is 82.3 Å². The maximum Gasteiger partial charge on any atom is 0.411 e. The van der Waals surface area contributed by atoms with E-state index in [0.717, 1.165) is 29.1 Å². The molecule has 8 atom stereocenters. The molecule has 1 aliphatic heterocycles. The number of hydrogen-bond acceptors (Lipinski definition) is 25. The molecule has 1 aliphatic rings. The summed E-state index contributed by atoms with van der Waals surface area (Å²) in [6.45, 7) is 21.6. The fourth-order valence-electron chi connectivity index (χ4n) is 11.4. The van der Waals surface area contributed by atoms with Crippen LogP contribution in [0.15, 0.2) is 35.7 Å². The molecule has 8 N–H and O–H groups in total. The minimum Gasteiger partial charge on any atom is -0.506 e. The number of thiazole rings is 1. The number of carbonyl (C=O) groups excluding carboxylic acids is 10. The first-order valence-corrected chi connectivity index (χ1v) is 38.6. The van der Waals surface area contributed by atoms with E-state index in [0.29, 0.717) is 115 Å². The molecule has 0 spiro atoms. The molecule has 33 nitrogen and oxygen atoms in total. The van der Waals surface area contributed by atoms with Crippen molar-refractivity contribution in [2.75, 3.05) is 158 Å². The number of imide groups is 1. The van der Waals surface area contributed by atoms with E-state index in [4.69, 9.17) is 47.4 Å². The van der Waals surface area contributed by atoms with Crippen LogP contribution in [-0.2, 0) is 96.9 Å². The Morgan fingerprint density at radius 2 is 1.20 bits per heavy atom. The van der Waals surface area contributed by atoms with Crippen LogP contribution in [0.3, 0.4) is 0 Å². The third-order valence-electron chi connectivity index (χ3n) is 17.5. The highest BCUT2D eigenvalue weighted by molar-refractivity contribution is 7.09. The van der Waals surface area contributed by atoms with Crippen molar-refractivity contribution in [1.82, 2.24) is 46.3 Å². The standard InChI is InChI=1S/C75H122N10O23S/c1-13-15-25-77-69(92)57(79-63(88)20-18-27-85-65(90)23-24-66(85)91)19-16-17-26-76-64(89)48-106-41-40-104-37-36-102-33-32-100-29-28-99-30-31-101-34-35-103-38-39-105-42-43-107-75(98)81-58-46-55(21-22-61(58)87)45-56(44-53(8)74(96)97)78-70(93)59-49-109-72(80-59)62(108-54(9)86)47-60(50(3)4)84(12)73(95)67(52(7)14-2)82-71(94)68(51(5)6)83(10)11/h21-24,46,49-53,56-57,60,62,67-68,87H,13-20,25-45,47-48H2,1-12H3,(H,76,89)(H,77,92)(H,78,93)(H,79,88)(H,81,98)(H,82,94)(H,96,97)/t52-,53-,56+,57-,60+,62+,67-,68-/m0/s1. The zero-order valence-electron chi connectivity index (χ0n) is 65.8. The van der Waals surface area contributed by atoms with E-state index in [-0.39, 0.29) is 149 Å². The van der Waals surface area contributed by atoms with Crippen molar-refractivity contribution in [2.24, 2.45) is 23.7 Å². The Balaban J connectivity index is 1.25. The number of hydrogen-bond donors (Lipinski definition) is 8. The van der Waals surface area contributed by atoms with Crippen molar-refractivity contribution in [3.05, 3.63) is 52.0 Å². The average molecular weight is 1560 g/mol. The molecule has 0 aliphatic carbocycles. The number of anilines is 1. The zero-order valence-corrected chi connectivity index (χ0v) is 66.6. The Hall–Kier alpha value is -7.80. The molecule has 3 rings (SSSR count). The van der Waals surface area contributed by atoms with Gasteiger partial charge in [-0.1, -0.05) is 74.3 Å². The summed E-state index contributed by atoms with van der Waals surface area (Å²) in [5, 5.41) is 39.2. The fraction of sp³-hybridized carbons (Fsp3) is 0.707. The molecule has 616 valence electrons. The number of nitrogens with zero attached hydrogens (tertiary/aromatic N) is 4. The number of rotatable bonds is 61. The normalized spacial score (nSPS) is 14.4. The van der Waals surface area contributed by atoms with Crippen molar-refractivity contribution < 1.29 is 110 Å². The highest BCUT2D eigenvalue weighted by atomic mass is 32.1. The van der Waals surface area contributed by atoms with Crippen LogP contribution in [0, 0.1) is 23.7 Å². The Morgan fingerprint density at radius 3 is 1.72 bits per heavy atom. The molecule has 109 heavy (non-hydrogen) atoms. The summed E-state index contributed by atoms with van der Waals surface area (Å²) < 4.78 is 55.1. The van der Waals surface area contributed by atoms with Gasteiger partial charge in [0.1, 0.15) is 41.7 Å². The van der Waals surface area contributed by atoms with Gasteiger partial charge in [-0.2, -0.15) is 0 Å². The molecule has 0 saturated carbocycles. The lowest BCUT2D eigenvalue weighted by Gasteiger charge is -2.37. The van der Waals surface area contributed by atoms with Gasteiger partial charge in [0, 0.05) is 76.1 Å². The SMILES string of the molecule is CCCCNC(=O)[C@H](CCCCNC(=O)COCCOCCOCCOCCOCCOCCOCCOCCOC(=O)Nc1cc(C[C@@H](C[C@H](C)C(=O)O)NC(=O)c2csc([C@@H](C[C@H](C(C)C)N(C)C(=O)[C@@H](NC(=O)[C@H](C(C)C)N(C)C)[C@@H](C)CC)OC(C)=O)n2)ccc1O)NC(=O)CCCN1C(=O)C=CC1=O. The number of benzene rings is 1. The van der Waals surface area contributed by atoms with Gasteiger partial charge in [0.05, 0.1) is 117 Å². The van der Waals surface area contributed by atoms with Crippen LogP contribution in [0.2, 0.25) is 0 Å². The Morgan fingerprint density at radius 1 is 0.642 bits per heavy atom. The third kappa shape index (κ3) is 39.1. The van der Waals surface area contributed by atoms with Gasteiger partial charge in [0.25, 0.3) is 17.7 Å². The number of aliphatic carboxylic acids is 1. The zero-order chi connectivity index (χ0) is 80.6.